The predicted molar refractivity (Wildman–Crippen MR) is 113 cm³/mol. The van der Waals surface area contributed by atoms with Crippen molar-refractivity contribution in [2.24, 2.45) is 0 Å². The third-order valence-corrected chi connectivity index (χ3v) is 4.72. The zero-order valence-electron chi connectivity index (χ0n) is 15.1. The fraction of sp³-hybridized carbons (Fsp3) is 0.647. The second-order valence-corrected chi connectivity index (χ2v) is 6.59. The Balaban J connectivity index is 0.00000208. The van der Waals surface area contributed by atoms with Crippen molar-refractivity contribution in [3.05, 3.63) is 23.9 Å². The van der Waals surface area contributed by atoms with Crippen LogP contribution < -0.4 is 15.5 Å². The number of amides is 1. The highest BCUT2D eigenvalue weighted by Gasteiger charge is 2.17. The van der Waals surface area contributed by atoms with Gasteiger partial charge in [-0.05, 0) is 38.1 Å². The van der Waals surface area contributed by atoms with Gasteiger partial charge in [0.05, 0.1) is 0 Å². The molecule has 0 radical (unpaired) electrons. The maximum atomic E-state index is 11.9. The van der Waals surface area contributed by atoms with Crippen LogP contribution in [0.4, 0.5) is 5.82 Å². The Kier molecular flexibility index (Phi) is 12.2. The summed E-state index contributed by atoms with van der Waals surface area (Å²) >= 11 is 0. The average Bonchev–Trinajstić information content (AvgIpc) is 3.07. The van der Waals surface area contributed by atoms with Crippen molar-refractivity contribution in [2.45, 2.75) is 31.8 Å². The van der Waals surface area contributed by atoms with Crippen molar-refractivity contribution in [3.63, 3.8) is 0 Å². The molecule has 2 N–H and O–H groups in total. The first kappa shape index (κ1) is 25.2. The minimum absolute atomic E-state index is 0. The molecule has 0 saturated carbocycles. The molecule has 2 saturated heterocycles. The Bertz CT molecular complexity index is 518. The fourth-order valence-electron chi connectivity index (χ4n) is 3.17. The standard InChI is InChI=1S/C17H27N5O.3ClH/c1-21-7-9-22(10-8-21)16-5-4-14(12-19-16)13-20-17(23)11-15-3-2-6-18-15;;;/h4-5,12,15,18H,2-3,6-11,13H2,1H3,(H,20,23);3*1H. The number of halogens is 3. The van der Waals surface area contributed by atoms with Crippen LogP contribution in [0.5, 0.6) is 0 Å². The van der Waals surface area contributed by atoms with Gasteiger partial charge in [-0.15, -0.1) is 37.2 Å². The number of piperazine rings is 1. The van der Waals surface area contributed by atoms with Gasteiger partial charge in [0, 0.05) is 51.4 Å². The summed E-state index contributed by atoms with van der Waals surface area (Å²) in [5.41, 5.74) is 1.05. The van der Waals surface area contributed by atoms with Crippen LogP contribution >= 0.6 is 37.2 Å². The summed E-state index contributed by atoms with van der Waals surface area (Å²) in [4.78, 5) is 21.1. The van der Waals surface area contributed by atoms with E-state index in [4.69, 9.17) is 0 Å². The van der Waals surface area contributed by atoms with Gasteiger partial charge in [0.25, 0.3) is 0 Å². The molecule has 1 aromatic heterocycles. The molecule has 1 unspecified atom stereocenters. The van der Waals surface area contributed by atoms with Crippen molar-refractivity contribution in [3.8, 4) is 0 Å². The van der Waals surface area contributed by atoms with Crippen LogP contribution in [0.25, 0.3) is 0 Å². The molecule has 0 aromatic carbocycles. The van der Waals surface area contributed by atoms with E-state index in [1.54, 1.807) is 0 Å². The van der Waals surface area contributed by atoms with Crippen LogP contribution in [0.3, 0.4) is 0 Å². The zero-order chi connectivity index (χ0) is 16.1. The fourth-order valence-corrected chi connectivity index (χ4v) is 3.17. The summed E-state index contributed by atoms with van der Waals surface area (Å²) in [6.07, 6.45) is 4.73. The highest BCUT2D eigenvalue weighted by Crippen LogP contribution is 2.14. The number of carbonyl (C=O) groups is 1. The summed E-state index contributed by atoms with van der Waals surface area (Å²) in [7, 11) is 2.15. The van der Waals surface area contributed by atoms with Crippen molar-refractivity contribution in [2.75, 3.05) is 44.7 Å². The number of carbonyl (C=O) groups excluding carboxylic acids is 1. The zero-order valence-corrected chi connectivity index (χ0v) is 17.6. The van der Waals surface area contributed by atoms with Crippen molar-refractivity contribution in [1.82, 2.24) is 20.5 Å². The van der Waals surface area contributed by atoms with Gasteiger partial charge in [0.1, 0.15) is 5.82 Å². The maximum absolute atomic E-state index is 11.9. The lowest BCUT2D eigenvalue weighted by Crippen LogP contribution is -2.44. The number of nitrogens with zero attached hydrogens (tertiary/aromatic N) is 3. The van der Waals surface area contributed by atoms with Crippen molar-refractivity contribution < 1.29 is 4.79 Å². The molecule has 6 nitrogen and oxygen atoms in total. The lowest BCUT2D eigenvalue weighted by atomic mass is 10.1. The molecule has 2 aliphatic rings. The Morgan fingerprint density at radius 1 is 1.23 bits per heavy atom. The number of aromatic nitrogens is 1. The lowest BCUT2D eigenvalue weighted by molar-refractivity contribution is -0.121. The van der Waals surface area contributed by atoms with Crippen LogP contribution in [-0.4, -0.2) is 61.6 Å². The smallest absolute Gasteiger partial charge is 0.221 e. The van der Waals surface area contributed by atoms with Gasteiger partial charge in [0.15, 0.2) is 0 Å². The Hall–Kier alpha value is -0.790. The quantitative estimate of drug-likeness (QED) is 0.752. The summed E-state index contributed by atoms with van der Waals surface area (Å²) in [5, 5.41) is 6.34. The van der Waals surface area contributed by atoms with Gasteiger partial charge in [0.2, 0.25) is 5.91 Å². The summed E-state index contributed by atoms with van der Waals surface area (Å²) in [6.45, 7) is 5.79. The van der Waals surface area contributed by atoms with Crippen LogP contribution in [0, 0.1) is 0 Å². The van der Waals surface area contributed by atoms with E-state index in [-0.39, 0.29) is 43.1 Å². The first-order chi connectivity index (χ1) is 11.2. The van der Waals surface area contributed by atoms with E-state index in [1.165, 1.54) is 6.42 Å². The SMILES string of the molecule is CN1CCN(c2ccc(CNC(=O)CC3CCCN3)cn2)CC1.Cl.Cl.Cl. The number of rotatable bonds is 5. The number of nitrogens with one attached hydrogen (secondary N) is 2. The Morgan fingerprint density at radius 2 is 1.96 bits per heavy atom. The van der Waals surface area contributed by atoms with E-state index in [9.17, 15) is 4.79 Å². The third kappa shape index (κ3) is 7.45. The molecule has 0 aliphatic carbocycles. The van der Waals surface area contributed by atoms with Crippen LogP contribution in [0.2, 0.25) is 0 Å². The number of hydrogen-bond donors (Lipinski definition) is 2. The maximum Gasteiger partial charge on any atom is 0.221 e. The Morgan fingerprint density at radius 3 is 2.54 bits per heavy atom. The van der Waals surface area contributed by atoms with Gasteiger partial charge >= 0.3 is 0 Å². The molecule has 150 valence electrons. The topological polar surface area (TPSA) is 60.5 Å². The summed E-state index contributed by atoms with van der Waals surface area (Å²) < 4.78 is 0. The molecule has 3 heterocycles. The van der Waals surface area contributed by atoms with Crippen LogP contribution in [0.1, 0.15) is 24.8 Å². The third-order valence-electron chi connectivity index (χ3n) is 4.72. The number of pyridine rings is 1. The van der Waals surface area contributed by atoms with Gasteiger partial charge in [-0.2, -0.15) is 0 Å². The highest BCUT2D eigenvalue weighted by atomic mass is 35.5. The molecule has 1 aromatic rings. The lowest BCUT2D eigenvalue weighted by Gasteiger charge is -2.33. The molecule has 2 aliphatic heterocycles. The van der Waals surface area contributed by atoms with E-state index < -0.39 is 0 Å². The monoisotopic (exact) mass is 425 g/mol. The van der Waals surface area contributed by atoms with E-state index in [0.717, 1.165) is 50.5 Å². The normalized spacial score (nSPS) is 19.7. The molecule has 0 spiro atoms. The molecule has 9 heteroatoms. The van der Waals surface area contributed by atoms with Crippen LogP contribution in [0.15, 0.2) is 18.3 Å². The molecule has 3 rings (SSSR count). The number of hydrogen-bond acceptors (Lipinski definition) is 5. The van der Waals surface area contributed by atoms with Gasteiger partial charge in [-0.25, -0.2) is 4.98 Å². The molecular formula is C17H30Cl3N5O. The van der Waals surface area contributed by atoms with Crippen LogP contribution in [-0.2, 0) is 11.3 Å². The largest absolute Gasteiger partial charge is 0.354 e. The second kappa shape index (κ2) is 12.6. The minimum atomic E-state index is 0. The average molecular weight is 427 g/mol. The molecule has 2 fully saturated rings. The minimum Gasteiger partial charge on any atom is -0.354 e. The first-order valence-corrected chi connectivity index (χ1v) is 8.59. The summed E-state index contributed by atoms with van der Waals surface area (Å²) in [6, 6.07) is 4.48. The number of anilines is 1. The van der Waals surface area contributed by atoms with E-state index in [0.29, 0.717) is 19.0 Å². The molecule has 0 bridgehead atoms. The molecule has 1 amide bonds. The van der Waals surface area contributed by atoms with Crippen molar-refractivity contribution >= 4 is 48.9 Å². The van der Waals surface area contributed by atoms with E-state index in [1.807, 2.05) is 6.20 Å². The van der Waals surface area contributed by atoms with E-state index >= 15 is 0 Å². The van der Waals surface area contributed by atoms with Gasteiger partial charge in [-0.3, -0.25) is 4.79 Å². The molecule has 26 heavy (non-hydrogen) atoms. The van der Waals surface area contributed by atoms with Gasteiger partial charge in [-0.1, -0.05) is 6.07 Å². The molecule has 1 atom stereocenters. The predicted octanol–water partition coefficient (Wildman–Crippen LogP) is 1.86. The van der Waals surface area contributed by atoms with E-state index in [2.05, 4.69) is 44.6 Å². The second-order valence-electron chi connectivity index (χ2n) is 6.59. The van der Waals surface area contributed by atoms with Crippen molar-refractivity contribution in [1.29, 1.82) is 0 Å². The molecular weight excluding hydrogens is 397 g/mol. The summed E-state index contributed by atoms with van der Waals surface area (Å²) in [5.74, 6) is 1.15. The number of likely N-dealkylation sites (N-methyl/N-ethyl adjacent to an activating group) is 1. The van der Waals surface area contributed by atoms with Gasteiger partial charge < -0.3 is 20.4 Å². The highest BCUT2D eigenvalue weighted by molar-refractivity contribution is 5.86. The Labute approximate surface area is 174 Å². The first-order valence-electron chi connectivity index (χ1n) is 8.59.